The highest BCUT2D eigenvalue weighted by molar-refractivity contribution is 4.33. The minimum absolute atomic E-state index is 0.884. The molecule has 0 heterocycles. The van der Waals surface area contributed by atoms with Gasteiger partial charge in [0.25, 0.3) is 0 Å². The second-order valence-electron chi connectivity index (χ2n) is 4.31. The maximum atomic E-state index is 2.22. The van der Waals surface area contributed by atoms with Crippen molar-refractivity contribution in [3.63, 3.8) is 0 Å². The molecule has 0 unspecified atom stereocenters. The van der Waals surface area contributed by atoms with Gasteiger partial charge in [-0.3, -0.25) is 0 Å². The second-order valence-corrected chi connectivity index (χ2v) is 4.31. The Hall–Kier alpha value is 0. The molecule has 0 N–H and O–H groups in total. The first-order valence-electron chi connectivity index (χ1n) is 9.95. The summed E-state index contributed by atoms with van der Waals surface area (Å²) in [4.78, 5) is 0. The van der Waals surface area contributed by atoms with Crippen LogP contribution < -0.4 is 0 Å². The quantitative estimate of drug-likeness (QED) is 0.476. The van der Waals surface area contributed by atoms with Gasteiger partial charge in [0.05, 0.1) is 0 Å². The largest absolute Gasteiger partial charge is 0.0683 e. The standard InChI is InChI=1S/2C5H12.C3H8.4C2H6/c2*1-4-5(2)3;1-3-2;4*1-2/h2*5H,4H2,1-3H3;3H2,1-2H3;4*1-2H3. The first kappa shape index (κ1) is 42.9. The van der Waals surface area contributed by atoms with E-state index < -0.39 is 0 Å². The van der Waals surface area contributed by atoms with Crippen molar-refractivity contribution in [1.29, 1.82) is 0 Å². The zero-order valence-electron chi connectivity index (χ0n) is 19.3. The summed E-state index contributed by atoms with van der Waals surface area (Å²) < 4.78 is 0. The van der Waals surface area contributed by atoms with Gasteiger partial charge in [0, 0.05) is 0 Å². The Kier molecular flexibility index (Phi) is 182. The molecule has 140 valence electrons. The van der Waals surface area contributed by atoms with Crippen LogP contribution in [0.25, 0.3) is 0 Å². The van der Waals surface area contributed by atoms with Gasteiger partial charge >= 0.3 is 0 Å². The van der Waals surface area contributed by atoms with Gasteiger partial charge in [-0.25, -0.2) is 0 Å². The van der Waals surface area contributed by atoms with Crippen molar-refractivity contribution in [2.75, 3.05) is 0 Å². The highest BCUT2D eigenvalue weighted by Gasteiger charge is 1.80. The molecule has 0 atom stereocenters. The van der Waals surface area contributed by atoms with Crippen LogP contribution in [0.3, 0.4) is 0 Å². The highest BCUT2D eigenvalue weighted by Crippen LogP contribution is 1.94. The number of hydrogen-bond acceptors (Lipinski definition) is 0. The van der Waals surface area contributed by atoms with Gasteiger partial charge in [0.2, 0.25) is 0 Å². The van der Waals surface area contributed by atoms with Crippen molar-refractivity contribution < 1.29 is 0 Å². The Morgan fingerprint density at radius 3 is 0.476 bits per heavy atom. The lowest BCUT2D eigenvalue weighted by Crippen LogP contribution is -1.77. The third-order valence-corrected chi connectivity index (χ3v) is 1.63. The van der Waals surface area contributed by atoms with Gasteiger partial charge in [-0.15, -0.1) is 0 Å². The van der Waals surface area contributed by atoms with Crippen LogP contribution in [0.4, 0.5) is 0 Å². The summed E-state index contributed by atoms with van der Waals surface area (Å²) in [6.07, 6.45) is 3.86. The van der Waals surface area contributed by atoms with Gasteiger partial charge < -0.3 is 0 Å². The van der Waals surface area contributed by atoms with Crippen LogP contribution in [-0.4, -0.2) is 0 Å². The van der Waals surface area contributed by atoms with Crippen molar-refractivity contribution >= 4 is 0 Å². The van der Waals surface area contributed by atoms with Crippen LogP contribution in [0.2, 0.25) is 0 Å². The van der Waals surface area contributed by atoms with E-state index in [2.05, 4.69) is 55.4 Å². The lowest BCUT2D eigenvalue weighted by atomic mass is 10.2. The molecule has 0 spiro atoms. The molecule has 0 aliphatic heterocycles. The van der Waals surface area contributed by atoms with E-state index in [1.165, 1.54) is 19.3 Å². The second kappa shape index (κ2) is 89.1. The van der Waals surface area contributed by atoms with E-state index in [1.54, 1.807) is 0 Å². The molecule has 0 saturated heterocycles. The van der Waals surface area contributed by atoms with Gasteiger partial charge in [-0.2, -0.15) is 0 Å². The van der Waals surface area contributed by atoms with E-state index >= 15 is 0 Å². The summed E-state index contributed by atoms with van der Waals surface area (Å²) in [5, 5.41) is 0. The van der Waals surface area contributed by atoms with Crippen LogP contribution in [0.15, 0.2) is 0 Å². The lowest BCUT2D eigenvalue weighted by Gasteiger charge is -1.90. The molecule has 0 saturated carbocycles. The fourth-order valence-corrected chi connectivity index (χ4v) is 0. The molecule has 0 fully saturated rings. The molecule has 0 rings (SSSR count). The van der Waals surface area contributed by atoms with E-state index in [1.807, 2.05) is 55.4 Å². The molecule has 0 radical (unpaired) electrons. The molecular weight excluding hydrogens is 252 g/mol. The van der Waals surface area contributed by atoms with Crippen LogP contribution in [0, 0.1) is 11.8 Å². The van der Waals surface area contributed by atoms with E-state index in [0.717, 1.165) is 11.8 Å². The first-order chi connectivity index (χ1) is 9.95. The van der Waals surface area contributed by atoms with E-state index in [9.17, 15) is 0 Å². The Morgan fingerprint density at radius 2 is 0.476 bits per heavy atom. The molecule has 0 aromatic carbocycles. The zero-order chi connectivity index (χ0) is 19.3. The number of rotatable bonds is 2. The molecule has 21 heavy (non-hydrogen) atoms. The topological polar surface area (TPSA) is 0 Å². The number of hydrogen-bond donors (Lipinski definition) is 0. The predicted molar refractivity (Wildman–Crippen MR) is 112 cm³/mol. The van der Waals surface area contributed by atoms with E-state index in [0.29, 0.717) is 0 Å². The summed E-state index contributed by atoms with van der Waals surface area (Å²) in [6.45, 7) is 33.5. The Morgan fingerprint density at radius 1 is 0.429 bits per heavy atom. The zero-order valence-corrected chi connectivity index (χ0v) is 19.3. The normalized spacial score (nSPS) is 6.57. The van der Waals surface area contributed by atoms with Gasteiger partial charge in [0.1, 0.15) is 0 Å². The molecule has 0 aliphatic rings. The third-order valence-electron chi connectivity index (χ3n) is 1.63. The van der Waals surface area contributed by atoms with Gasteiger partial charge in [0.15, 0.2) is 0 Å². The van der Waals surface area contributed by atoms with Crippen LogP contribution >= 0.6 is 0 Å². The maximum absolute atomic E-state index is 2.22. The van der Waals surface area contributed by atoms with Crippen molar-refractivity contribution in [3.05, 3.63) is 0 Å². The SMILES string of the molecule is CC.CC.CC.CC.CCC.CCC(C)C.CCC(C)C. The fourth-order valence-electron chi connectivity index (χ4n) is 0. The Bertz CT molecular complexity index is 45.1. The molecule has 0 nitrogen and oxygen atoms in total. The minimum Gasteiger partial charge on any atom is -0.0683 e. The van der Waals surface area contributed by atoms with E-state index in [4.69, 9.17) is 0 Å². The molecule has 0 aromatic heterocycles. The molecule has 0 heteroatoms. The monoisotopic (exact) mass is 308 g/mol. The molecular formula is C21H56. The molecule has 0 amide bonds. The van der Waals surface area contributed by atoms with E-state index in [-0.39, 0.29) is 0 Å². The lowest BCUT2D eigenvalue weighted by molar-refractivity contribution is 0.626. The summed E-state index contributed by atoms with van der Waals surface area (Å²) in [6, 6.07) is 0. The Labute approximate surface area is 142 Å². The van der Waals surface area contributed by atoms with Crippen molar-refractivity contribution in [1.82, 2.24) is 0 Å². The summed E-state index contributed by atoms with van der Waals surface area (Å²) in [7, 11) is 0. The van der Waals surface area contributed by atoms with Crippen LogP contribution in [-0.2, 0) is 0 Å². The molecule has 0 bridgehead atoms. The smallest absolute Gasteiger partial charge is 0.0474 e. The minimum atomic E-state index is 0.884. The third kappa shape index (κ3) is 405. The van der Waals surface area contributed by atoms with Crippen molar-refractivity contribution in [3.8, 4) is 0 Å². The molecule has 0 aliphatic carbocycles. The summed E-state index contributed by atoms with van der Waals surface area (Å²) >= 11 is 0. The van der Waals surface area contributed by atoms with Gasteiger partial charge in [-0.05, 0) is 11.8 Å². The first-order valence-corrected chi connectivity index (χ1v) is 9.95. The Balaban J connectivity index is -0.0000000230. The average molecular weight is 309 g/mol. The van der Waals surface area contributed by atoms with Crippen molar-refractivity contribution in [2.24, 2.45) is 11.8 Å². The fraction of sp³-hybridized carbons (Fsp3) is 1.00. The predicted octanol–water partition coefficient (Wildman–Crippen LogP) is 9.63. The van der Waals surface area contributed by atoms with Crippen molar-refractivity contribution in [2.45, 2.75) is 130 Å². The molecule has 0 aromatic rings. The average Bonchev–Trinajstić information content (AvgIpc) is 2.56. The summed E-state index contributed by atoms with van der Waals surface area (Å²) in [5.74, 6) is 1.77. The highest BCUT2D eigenvalue weighted by atomic mass is 13.9. The van der Waals surface area contributed by atoms with Crippen LogP contribution in [0.1, 0.15) is 130 Å². The summed E-state index contributed by atoms with van der Waals surface area (Å²) in [5.41, 5.74) is 0. The van der Waals surface area contributed by atoms with Crippen LogP contribution in [0.5, 0.6) is 0 Å². The van der Waals surface area contributed by atoms with Gasteiger partial charge in [-0.1, -0.05) is 130 Å². The maximum Gasteiger partial charge on any atom is -0.0474 e.